The fourth-order valence-corrected chi connectivity index (χ4v) is 4.98. The fourth-order valence-electron chi connectivity index (χ4n) is 4.98. The number of aromatic nitrogens is 4. The van der Waals surface area contributed by atoms with Gasteiger partial charge in [0.25, 0.3) is 0 Å². The highest BCUT2D eigenvalue weighted by molar-refractivity contribution is 5.88. The van der Waals surface area contributed by atoms with E-state index in [1.807, 2.05) is 35.2 Å². The largest absolute Gasteiger partial charge is 0.347 e. The molecular formula is C25H24FN5O2. The molecule has 1 atom stereocenters. The van der Waals surface area contributed by atoms with Crippen LogP contribution in [-0.4, -0.2) is 43.6 Å². The predicted octanol–water partition coefficient (Wildman–Crippen LogP) is 3.55. The van der Waals surface area contributed by atoms with Crippen molar-refractivity contribution in [3.05, 3.63) is 70.3 Å². The Balaban J connectivity index is 1.21. The van der Waals surface area contributed by atoms with Crippen molar-refractivity contribution in [2.45, 2.75) is 32.1 Å². The number of hydrogen-bond acceptors (Lipinski definition) is 4. The molecule has 1 N–H and O–H groups in total. The van der Waals surface area contributed by atoms with Crippen LogP contribution in [0.3, 0.4) is 0 Å². The third-order valence-corrected chi connectivity index (χ3v) is 6.92. The van der Waals surface area contributed by atoms with E-state index < -0.39 is 11.5 Å². The summed E-state index contributed by atoms with van der Waals surface area (Å²) < 4.78 is 16.4. The van der Waals surface area contributed by atoms with Crippen LogP contribution in [0, 0.1) is 11.8 Å². The van der Waals surface area contributed by atoms with Gasteiger partial charge in [-0.2, -0.15) is 5.10 Å². The fraction of sp³-hybridized carbons (Fsp3) is 0.360. The molecule has 1 aliphatic heterocycles. The molecule has 168 valence electrons. The van der Waals surface area contributed by atoms with Gasteiger partial charge in [-0.25, -0.2) is 18.9 Å². The Labute approximate surface area is 189 Å². The smallest absolute Gasteiger partial charge is 0.342 e. The minimum absolute atomic E-state index is 0.208. The molecular weight excluding hydrogens is 421 g/mol. The lowest BCUT2D eigenvalue weighted by molar-refractivity contribution is -0.131. The number of nitrogens with one attached hydrogen (secondary N) is 1. The minimum atomic E-state index is -0.436. The van der Waals surface area contributed by atoms with Gasteiger partial charge in [0.2, 0.25) is 5.91 Å². The van der Waals surface area contributed by atoms with Crippen molar-refractivity contribution in [2.24, 2.45) is 11.8 Å². The summed E-state index contributed by atoms with van der Waals surface area (Å²) >= 11 is 0. The van der Waals surface area contributed by atoms with Crippen LogP contribution in [0.1, 0.15) is 37.1 Å². The molecule has 0 radical (unpaired) electrons. The van der Waals surface area contributed by atoms with Crippen molar-refractivity contribution >= 4 is 28.1 Å². The molecule has 0 bridgehead atoms. The first-order chi connectivity index (χ1) is 16.1. The summed E-state index contributed by atoms with van der Waals surface area (Å²) in [5.74, 6) is 0.768. The van der Waals surface area contributed by atoms with E-state index in [-0.39, 0.29) is 17.7 Å². The third kappa shape index (κ3) is 3.69. The number of likely N-dealkylation sites (tertiary alicyclic amines) is 1. The van der Waals surface area contributed by atoms with E-state index in [9.17, 15) is 9.59 Å². The molecule has 1 saturated heterocycles. The van der Waals surface area contributed by atoms with Gasteiger partial charge in [0.05, 0.1) is 11.2 Å². The van der Waals surface area contributed by atoms with E-state index in [2.05, 4.69) is 15.2 Å². The summed E-state index contributed by atoms with van der Waals surface area (Å²) in [5, 5.41) is 7.72. The summed E-state index contributed by atoms with van der Waals surface area (Å²) in [6, 6.07) is 9.74. The Morgan fingerprint density at radius 3 is 2.94 bits per heavy atom. The van der Waals surface area contributed by atoms with E-state index in [0.717, 1.165) is 47.8 Å². The number of hydrogen-bond donors (Lipinski definition) is 1. The van der Waals surface area contributed by atoms with Crippen molar-refractivity contribution in [1.29, 1.82) is 0 Å². The molecule has 1 amide bonds. The van der Waals surface area contributed by atoms with Gasteiger partial charge in [0.1, 0.15) is 11.7 Å². The maximum atomic E-state index is 15.1. The predicted molar refractivity (Wildman–Crippen MR) is 123 cm³/mol. The molecule has 1 aromatic carbocycles. The van der Waals surface area contributed by atoms with E-state index in [0.29, 0.717) is 30.9 Å². The molecule has 6 rings (SSSR count). The second kappa shape index (κ2) is 7.79. The zero-order valence-corrected chi connectivity index (χ0v) is 18.1. The second-order valence-corrected chi connectivity index (χ2v) is 9.25. The quantitative estimate of drug-likeness (QED) is 0.651. The average molecular weight is 445 g/mol. The van der Waals surface area contributed by atoms with Crippen LogP contribution in [0.15, 0.2) is 53.2 Å². The molecule has 2 fully saturated rings. The van der Waals surface area contributed by atoms with Crippen LogP contribution in [0.25, 0.3) is 22.2 Å². The monoisotopic (exact) mass is 445 g/mol. The highest BCUT2D eigenvalue weighted by Crippen LogP contribution is 2.37. The number of H-pyrrole nitrogens is 1. The Hall–Kier alpha value is -3.55. The van der Waals surface area contributed by atoms with Crippen molar-refractivity contribution in [1.82, 2.24) is 24.6 Å². The second-order valence-electron chi connectivity index (χ2n) is 9.25. The molecule has 0 unspecified atom stereocenters. The number of nitrogens with zero attached hydrogens (tertiary/aromatic N) is 4. The standard InChI is InChI=1S/C25H24FN5O2/c26-20-11-19(18-6-3-16-2-1-8-27-21(16)12-18)13-22(20)31-23(28-29-25(31)33)10-15-7-9-30(14-15)24(32)17-4-5-17/h1-3,6,8,11-12,15,17H,4-5,7,9-10,13-14H2,(H,29,33)/t15-/m0/s1. The van der Waals surface area contributed by atoms with Crippen molar-refractivity contribution < 1.29 is 9.18 Å². The number of allylic oxidation sites excluding steroid dienone is 4. The maximum absolute atomic E-state index is 15.1. The Morgan fingerprint density at radius 2 is 2.09 bits per heavy atom. The lowest BCUT2D eigenvalue weighted by atomic mass is 10.0. The summed E-state index contributed by atoms with van der Waals surface area (Å²) in [7, 11) is 0. The lowest BCUT2D eigenvalue weighted by Crippen LogP contribution is -2.30. The topological polar surface area (TPSA) is 83.9 Å². The van der Waals surface area contributed by atoms with Gasteiger partial charge >= 0.3 is 5.69 Å². The first-order valence-electron chi connectivity index (χ1n) is 11.5. The van der Waals surface area contributed by atoms with Crippen LogP contribution >= 0.6 is 0 Å². The van der Waals surface area contributed by atoms with Crippen molar-refractivity contribution in [3.63, 3.8) is 0 Å². The van der Waals surface area contributed by atoms with Crippen LogP contribution in [0.5, 0.6) is 0 Å². The van der Waals surface area contributed by atoms with Gasteiger partial charge in [0, 0.05) is 43.4 Å². The number of benzene rings is 1. The summed E-state index contributed by atoms with van der Waals surface area (Å²) in [6.07, 6.45) is 6.92. The third-order valence-electron chi connectivity index (χ3n) is 6.92. The van der Waals surface area contributed by atoms with Crippen LogP contribution in [0.2, 0.25) is 0 Å². The molecule has 3 aliphatic rings. The number of carbonyl (C=O) groups excluding carboxylic acids is 1. The first kappa shape index (κ1) is 20.1. The highest BCUT2D eigenvalue weighted by atomic mass is 19.1. The minimum Gasteiger partial charge on any atom is -0.342 e. The van der Waals surface area contributed by atoms with E-state index in [1.165, 1.54) is 10.6 Å². The van der Waals surface area contributed by atoms with Gasteiger partial charge in [-0.05, 0) is 54.5 Å². The van der Waals surface area contributed by atoms with Gasteiger partial charge in [0.15, 0.2) is 0 Å². The number of halogens is 1. The van der Waals surface area contributed by atoms with E-state index >= 15 is 4.39 Å². The zero-order chi connectivity index (χ0) is 22.5. The number of amides is 1. The summed E-state index contributed by atoms with van der Waals surface area (Å²) in [6.45, 7) is 1.42. The first-order valence-corrected chi connectivity index (χ1v) is 11.5. The van der Waals surface area contributed by atoms with Crippen molar-refractivity contribution in [3.8, 4) is 0 Å². The highest BCUT2D eigenvalue weighted by Gasteiger charge is 2.37. The molecule has 3 heterocycles. The Bertz CT molecular complexity index is 1380. The van der Waals surface area contributed by atoms with Crippen LogP contribution in [-0.2, 0) is 11.2 Å². The lowest BCUT2D eigenvalue weighted by Gasteiger charge is -2.16. The molecule has 2 aromatic heterocycles. The van der Waals surface area contributed by atoms with Gasteiger partial charge < -0.3 is 4.90 Å². The van der Waals surface area contributed by atoms with Gasteiger partial charge in [-0.3, -0.25) is 9.78 Å². The van der Waals surface area contributed by atoms with Crippen LogP contribution < -0.4 is 5.69 Å². The number of fused-ring (bicyclic) bond motifs is 1. The van der Waals surface area contributed by atoms with Gasteiger partial charge in [-0.1, -0.05) is 18.2 Å². The molecule has 7 nitrogen and oxygen atoms in total. The summed E-state index contributed by atoms with van der Waals surface area (Å²) in [5.41, 5.74) is 2.40. The van der Waals surface area contributed by atoms with E-state index in [4.69, 9.17) is 0 Å². The molecule has 33 heavy (non-hydrogen) atoms. The molecule has 3 aromatic rings. The molecule has 0 spiro atoms. The summed E-state index contributed by atoms with van der Waals surface area (Å²) in [4.78, 5) is 31.3. The van der Waals surface area contributed by atoms with Crippen LogP contribution in [0.4, 0.5) is 4.39 Å². The van der Waals surface area contributed by atoms with Gasteiger partial charge in [-0.15, -0.1) is 0 Å². The average Bonchev–Trinajstić information content (AvgIpc) is 3.31. The van der Waals surface area contributed by atoms with E-state index in [1.54, 1.807) is 6.20 Å². The molecule has 8 heteroatoms. The Kier molecular flexibility index (Phi) is 4.74. The number of aromatic amines is 1. The maximum Gasteiger partial charge on any atom is 0.347 e. The number of carbonyl (C=O) groups is 1. The Morgan fingerprint density at radius 1 is 1.21 bits per heavy atom. The molecule has 1 saturated carbocycles. The number of rotatable bonds is 5. The normalized spacial score (nSPS) is 20.7. The number of pyridine rings is 1. The van der Waals surface area contributed by atoms with Crippen molar-refractivity contribution in [2.75, 3.05) is 13.1 Å². The zero-order valence-electron chi connectivity index (χ0n) is 18.1. The SMILES string of the molecule is O=C(C1CC1)N1CC[C@@H](Cc2n[nH]c(=O)n2C2=C(F)C=C(c3ccc4cccnc4c3)C2)C1. The molecule has 2 aliphatic carbocycles.